The van der Waals surface area contributed by atoms with Gasteiger partial charge in [-0.1, -0.05) is 0 Å². The van der Waals surface area contributed by atoms with Crippen LogP contribution in [0.15, 0.2) is 16.7 Å². The second kappa shape index (κ2) is 6.29. The van der Waals surface area contributed by atoms with Crippen molar-refractivity contribution in [2.45, 2.75) is 51.3 Å². The summed E-state index contributed by atoms with van der Waals surface area (Å²) in [6.45, 7) is 7.41. The lowest BCUT2D eigenvalue weighted by atomic mass is 9.98. The molecule has 0 unspecified atom stereocenters. The number of likely N-dealkylation sites (tertiary alicyclic amines) is 2. The average Bonchev–Trinajstić information content (AvgIpc) is 2.85. The Bertz CT molecular complexity index is 424. The van der Waals surface area contributed by atoms with Gasteiger partial charge in [0.15, 0.2) is 0 Å². The summed E-state index contributed by atoms with van der Waals surface area (Å²) in [4.78, 5) is 5.03. The quantitative estimate of drug-likeness (QED) is 0.918. The molecule has 0 amide bonds. The molecule has 0 bridgehead atoms. The fourth-order valence-corrected chi connectivity index (χ4v) is 3.57. The lowest BCUT2D eigenvalue weighted by molar-refractivity contribution is 0.0243. The first-order valence-electron chi connectivity index (χ1n) is 7.90. The number of piperidine rings is 2. The summed E-state index contributed by atoms with van der Waals surface area (Å²) in [7, 11) is 0. The van der Waals surface area contributed by atoms with E-state index >= 15 is 0 Å². The molecule has 3 rings (SSSR count). The zero-order valence-electron chi connectivity index (χ0n) is 12.4. The third kappa shape index (κ3) is 3.25. The van der Waals surface area contributed by atoms with Crippen LogP contribution in [0, 0.1) is 6.92 Å². The number of hydrogen-bond donors (Lipinski definition) is 1. The van der Waals surface area contributed by atoms with Crippen molar-refractivity contribution in [1.29, 1.82) is 0 Å². The maximum atomic E-state index is 9.80. The molecule has 0 radical (unpaired) electrons. The van der Waals surface area contributed by atoms with Gasteiger partial charge in [0.1, 0.15) is 5.76 Å². The third-order valence-corrected chi connectivity index (χ3v) is 4.86. The molecule has 0 saturated carbocycles. The van der Waals surface area contributed by atoms with E-state index in [1.807, 2.05) is 6.92 Å². The molecular formula is C16H26N2O2. The Hall–Kier alpha value is -0.840. The fraction of sp³-hybridized carbons (Fsp3) is 0.750. The summed E-state index contributed by atoms with van der Waals surface area (Å²) in [5, 5.41) is 9.80. The predicted molar refractivity (Wildman–Crippen MR) is 78.6 cm³/mol. The number of aryl methyl sites for hydroxylation is 1. The Kier molecular flexibility index (Phi) is 4.44. The summed E-state index contributed by atoms with van der Waals surface area (Å²) < 4.78 is 5.37. The topological polar surface area (TPSA) is 39.9 Å². The fourth-order valence-electron chi connectivity index (χ4n) is 3.57. The van der Waals surface area contributed by atoms with Crippen LogP contribution >= 0.6 is 0 Å². The van der Waals surface area contributed by atoms with Crippen LogP contribution in [0.25, 0.3) is 0 Å². The molecule has 1 atom stereocenters. The molecule has 0 aromatic carbocycles. The summed E-state index contributed by atoms with van der Waals surface area (Å²) in [6, 6.07) is 2.76. The van der Waals surface area contributed by atoms with Gasteiger partial charge in [-0.05, 0) is 58.3 Å². The maximum absolute atomic E-state index is 9.80. The van der Waals surface area contributed by atoms with Crippen molar-refractivity contribution in [1.82, 2.24) is 9.80 Å². The Balaban J connectivity index is 1.48. The number of β-amino-alcohol motifs (C(OH)–C–C–N with tert-alkyl or cyclic N) is 1. The lowest BCUT2D eigenvalue weighted by Gasteiger charge is -2.41. The summed E-state index contributed by atoms with van der Waals surface area (Å²) >= 11 is 0. The lowest BCUT2D eigenvalue weighted by Crippen LogP contribution is -2.49. The van der Waals surface area contributed by atoms with E-state index in [1.54, 1.807) is 6.26 Å². The SMILES string of the molecule is Cc1occc1CN1CCC(N2CCC[C@@H](O)C2)CC1. The molecule has 1 N–H and O–H groups in total. The van der Waals surface area contributed by atoms with Crippen molar-refractivity contribution in [3.05, 3.63) is 23.7 Å². The highest BCUT2D eigenvalue weighted by Crippen LogP contribution is 2.22. The van der Waals surface area contributed by atoms with Gasteiger partial charge in [0.05, 0.1) is 12.4 Å². The molecule has 20 heavy (non-hydrogen) atoms. The van der Waals surface area contributed by atoms with Gasteiger partial charge in [0.25, 0.3) is 0 Å². The Morgan fingerprint density at radius 3 is 2.70 bits per heavy atom. The Morgan fingerprint density at radius 1 is 1.25 bits per heavy atom. The minimum absolute atomic E-state index is 0.102. The third-order valence-electron chi connectivity index (χ3n) is 4.86. The van der Waals surface area contributed by atoms with Crippen molar-refractivity contribution < 1.29 is 9.52 Å². The molecule has 0 spiro atoms. The van der Waals surface area contributed by atoms with Crippen molar-refractivity contribution >= 4 is 0 Å². The number of furan rings is 1. The molecule has 4 nitrogen and oxygen atoms in total. The van der Waals surface area contributed by atoms with Gasteiger partial charge >= 0.3 is 0 Å². The van der Waals surface area contributed by atoms with Gasteiger partial charge in [0, 0.05) is 24.7 Å². The van der Waals surface area contributed by atoms with E-state index in [4.69, 9.17) is 4.42 Å². The van der Waals surface area contributed by atoms with Crippen LogP contribution in [0.4, 0.5) is 0 Å². The zero-order chi connectivity index (χ0) is 13.9. The average molecular weight is 278 g/mol. The number of aliphatic hydroxyl groups is 1. The summed E-state index contributed by atoms with van der Waals surface area (Å²) in [6.07, 6.45) is 6.26. The van der Waals surface area contributed by atoms with Crippen molar-refractivity contribution in [2.24, 2.45) is 0 Å². The first-order chi connectivity index (χ1) is 9.72. The highest BCUT2D eigenvalue weighted by molar-refractivity contribution is 5.15. The molecular weight excluding hydrogens is 252 g/mol. The van der Waals surface area contributed by atoms with Gasteiger partial charge < -0.3 is 9.52 Å². The van der Waals surface area contributed by atoms with E-state index in [-0.39, 0.29) is 6.10 Å². The highest BCUT2D eigenvalue weighted by atomic mass is 16.3. The molecule has 2 aliphatic heterocycles. The van der Waals surface area contributed by atoms with Crippen LogP contribution in [0.5, 0.6) is 0 Å². The Morgan fingerprint density at radius 2 is 2.05 bits per heavy atom. The summed E-state index contributed by atoms with van der Waals surface area (Å²) in [5.41, 5.74) is 1.32. The monoisotopic (exact) mass is 278 g/mol. The number of nitrogens with zero attached hydrogens (tertiary/aromatic N) is 2. The smallest absolute Gasteiger partial charge is 0.105 e. The van der Waals surface area contributed by atoms with Gasteiger partial charge in [-0.25, -0.2) is 0 Å². The predicted octanol–water partition coefficient (Wildman–Crippen LogP) is 2.01. The van der Waals surface area contributed by atoms with Crippen LogP contribution in [0.2, 0.25) is 0 Å². The van der Waals surface area contributed by atoms with Crippen LogP contribution in [-0.4, -0.2) is 53.2 Å². The van der Waals surface area contributed by atoms with Crippen molar-refractivity contribution in [3.8, 4) is 0 Å². The van der Waals surface area contributed by atoms with E-state index in [1.165, 1.54) is 24.9 Å². The highest BCUT2D eigenvalue weighted by Gasteiger charge is 2.28. The standard InChI is InChI=1S/C16H26N2O2/c1-13-14(6-10-20-13)11-17-8-4-15(5-9-17)18-7-2-3-16(19)12-18/h6,10,15-16,19H,2-5,7-9,11-12H2,1H3/t16-/m1/s1. The molecule has 2 saturated heterocycles. The van der Waals surface area contributed by atoms with Gasteiger partial charge in [0.2, 0.25) is 0 Å². The van der Waals surface area contributed by atoms with E-state index in [2.05, 4.69) is 15.9 Å². The van der Waals surface area contributed by atoms with Crippen LogP contribution < -0.4 is 0 Å². The number of aliphatic hydroxyl groups excluding tert-OH is 1. The van der Waals surface area contributed by atoms with Crippen LogP contribution in [0.1, 0.15) is 37.0 Å². The van der Waals surface area contributed by atoms with Gasteiger partial charge in [-0.15, -0.1) is 0 Å². The minimum Gasteiger partial charge on any atom is -0.469 e. The van der Waals surface area contributed by atoms with Gasteiger partial charge in [-0.2, -0.15) is 0 Å². The number of hydrogen-bond acceptors (Lipinski definition) is 4. The molecule has 0 aliphatic carbocycles. The van der Waals surface area contributed by atoms with Crippen molar-refractivity contribution in [2.75, 3.05) is 26.2 Å². The molecule has 4 heteroatoms. The largest absolute Gasteiger partial charge is 0.469 e. The second-order valence-corrected chi connectivity index (χ2v) is 6.30. The number of rotatable bonds is 3. The summed E-state index contributed by atoms with van der Waals surface area (Å²) in [5.74, 6) is 1.05. The first kappa shape index (κ1) is 14.1. The van der Waals surface area contributed by atoms with Gasteiger partial charge in [-0.3, -0.25) is 9.80 Å². The second-order valence-electron chi connectivity index (χ2n) is 6.30. The zero-order valence-corrected chi connectivity index (χ0v) is 12.4. The Labute approximate surface area is 121 Å². The van der Waals surface area contributed by atoms with Crippen LogP contribution in [-0.2, 0) is 6.54 Å². The maximum Gasteiger partial charge on any atom is 0.105 e. The van der Waals surface area contributed by atoms with E-state index < -0.39 is 0 Å². The molecule has 112 valence electrons. The molecule has 3 heterocycles. The van der Waals surface area contributed by atoms with Crippen molar-refractivity contribution in [3.63, 3.8) is 0 Å². The van der Waals surface area contributed by atoms with E-state index in [9.17, 15) is 5.11 Å². The molecule has 2 aliphatic rings. The first-order valence-corrected chi connectivity index (χ1v) is 7.90. The molecule has 1 aromatic rings. The van der Waals surface area contributed by atoms with E-state index in [0.29, 0.717) is 6.04 Å². The molecule has 2 fully saturated rings. The van der Waals surface area contributed by atoms with Crippen LogP contribution in [0.3, 0.4) is 0 Å². The molecule has 1 aromatic heterocycles. The normalized spacial score (nSPS) is 27.0. The minimum atomic E-state index is -0.102. The van der Waals surface area contributed by atoms with E-state index in [0.717, 1.165) is 44.8 Å².